The zero-order valence-electron chi connectivity index (χ0n) is 11.8. The van der Waals surface area contributed by atoms with E-state index < -0.39 is 0 Å². The van der Waals surface area contributed by atoms with Gasteiger partial charge in [0.15, 0.2) is 0 Å². The summed E-state index contributed by atoms with van der Waals surface area (Å²) in [6, 6.07) is 0.670. The number of ether oxygens (including phenoxy) is 1. The molecule has 3 atom stereocenters. The van der Waals surface area contributed by atoms with Crippen LogP contribution >= 0.6 is 0 Å². The normalized spacial score (nSPS) is 37.8. The van der Waals surface area contributed by atoms with Crippen LogP contribution in [-0.4, -0.2) is 50.8 Å². The first-order valence-electron chi connectivity index (χ1n) is 6.99. The van der Waals surface area contributed by atoms with E-state index >= 15 is 0 Å². The van der Waals surface area contributed by atoms with Crippen molar-refractivity contribution >= 4 is 0 Å². The summed E-state index contributed by atoms with van der Waals surface area (Å²) in [5.74, 6) is 0.811. The largest absolute Gasteiger partial charge is 0.380 e. The van der Waals surface area contributed by atoms with E-state index in [1.54, 1.807) is 0 Å². The van der Waals surface area contributed by atoms with Crippen LogP contribution in [0.3, 0.4) is 0 Å². The molecule has 1 heterocycles. The lowest BCUT2D eigenvalue weighted by Gasteiger charge is -2.32. The molecule has 0 aromatic heterocycles. The first-order chi connectivity index (χ1) is 8.06. The van der Waals surface area contributed by atoms with Gasteiger partial charge in [0.2, 0.25) is 0 Å². The molecule has 3 nitrogen and oxygen atoms in total. The van der Waals surface area contributed by atoms with Crippen LogP contribution in [0.2, 0.25) is 0 Å². The van der Waals surface area contributed by atoms with Gasteiger partial charge in [-0.2, -0.15) is 0 Å². The molecule has 1 aliphatic heterocycles. The summed E-state index contributed by atoms with van der Waals surface area (Å²) in [4.78, 5) is 2.59. The third-order valence-corrected chi connectivity index (χ3v) is 4.84. The molecule has 17 heavy (non-hydrogen) atoms. The van der Waals surface area contributed by atoms with Gasteiger partial charge in [0.25, 0.3) is 0 Å². The zero-order valence-corrected chi connectivity index (χ0v) is 11.8. The van der Waals surface area contributed by atoms with Gasteiger partial charge in [0, 0.05) is 32.8 Å². The molecule has 0 spiro atoms. The fourth-order valence-electron chi connectivity index (χ4n) is 3.83. The molecule has 100 valence electrons. The van der Waals surface area contributed by atoms with Crippen molar-refractivity contribution in [2.45, 2.75) is 45.3 Å². The first kappa shape index (κ1) is 13.3. The van der Waals surface area contributed by atoms with Crippen molar-refractivity contribution < 1.29 is 4.74 Å². The molecular weight excluding hydrogens is 212 g/mol. The third kappa shape index (κ3) is 2.83. The minimum absolute atomic E-state index is 0.458. The molecule has 0 aromatic carbocycles. The van der Waals surface area contributed by atoms with E-state index in [0.717, 1.165) is 12.5 Å². The van der Waals surface area contributed by atoms with Crippen molar-refractivity contribution in [3.63, 3.8) is 0 Å². The van der Waals surface area contributed by atoms with Gasteiger partial charge in [0.1, 0.15) is 0 Å². The molecule has 2 fully saturated rings. The molecule has 1 saturated heterocycles. The fraction of sp³-hybridized carbons (Fsp3) is 1.00. The fourth-order valence-corrected chi connectivity index (χ4v) is 3.83. The zero-order chi connectivity index (χ0) is 12.5. The molecule has 0 aromatic rings. The van der Waals surface area contributed by atoms with Crippen molar-refractivity contribution in [1.29, 1.82) is 0 Å². The second kappa shape index (κ2) is 5.25. The van der Waals surface area contributed by atoms with E-state index in [2.05, 4.69) is 31.1 Å². The lowest BCUT2D eigenvalue weighted by molar-refractivity contribution is 0.104. The van der Waals surface area contributed by atoms with Crippen molar-refractivity contribution in [1.82, 2.24) is 10.2 Å². The van der Waals surface area contributed by atoms with Gasteiger partial charge in [-0.05, 0) is 37.6 Å². The Hall–Kier alpha value is -0.120. The Morgan fingerprint density at radius 3 is 2.71 bits per heavy atom. The maximum absolute atomic E-state index is 5.44. The average molecular weight is 240 g/mol. The second-order valence-corrected chi connectivity index (χ2v) is 6.46. The summed E-state index contributed by atoms with van der Waals surface area (Å²) >= 11 is 0. The second-order valence-electron chi connectivity index (χ2n) is 6.46. The van der Waals surface area contributed by atoms with E-state index in [4.69, 9.17) is 4.74 Å². The Labute approximate surface area is 106 Å². The standard InChI is InChI=1S/C14H28N2O/c1-14(2)7-5-11(13(14)15-3)9-16-8-6-12(10-16)17-4/h11-13,15H,5-10H2,1-4H3. The maximum Gasteiger partial charge on any atom is 0.0710 e. The van der Waals surface area contributed by atoms with E-state index in [9.17, 15) is 0 Å². The number of likely N-dealkylation sites (tertiary alicyclic amines) is 1. The van der Waals surface area contributed by atoms with Crippen molar-refractivity contribution in [2.24, 2.45) is 11.3 Å². The molecule has 1 aliphatic carbocycles. The third-order valence-electron chi connectivity index (χ3n) is 4.84. The van der Waals surface area contributed by atoms with E-state index in [-0.39, 0.29) is 0 Å². The van der Waals surface area contributed by atoms with E-state index in [1.807, 2.05) is 7.11 Å². The topological polar surface area (TPSA) is 24.5 Å². The van der Waals surface area contributed by atoms with E-state index in [1.165, 1.54) is 32.4 Å². The number of hydrogen-bond donors (Lipinski definition) is 1. The van der Waals surface area contributed by atoms with Crippen LogP contribution in [-0.2, 0) is 4.74 Å². The Balaban J connectivity index is 1.87. The van der Waals surface area contributed by atoms with Crippen molar-refractivity contribution in [3.8, 4) is 0 Å². The molecule has 0 bridgehead atoms. The van der Waals surface area contributed by atoms with Gasteiger partial charge in [-0.15, -0.1) is 0 Å². The molecule has 3 heteroatoms. The highest BCUT2D eigenvalue weighted by molar-refractivity contribution is 4.97. The summed E-state index contributed by atoms with van der Waals surface area (Å²) in [5, 5.41) is 3.55. The SMILES string of the molecule is CNC1C(CN2CCC(OC)C2)CCC1(C)C. The van der Waals surface area contributed by atoms with Gasteiger partial charge in [-0.25, -0.2) is 0 Å². The lowest BCUT2D eigenvalue weighted by Crippen LogP contribution is -2.43. The van der Waals surface area contributed by atoms with Gasteiger partial charge < -0.3 is 15.0 Å². The minimum atomic E-state index is 0.458. The smallest absolute Gasteiger partial charge is 0.0710 e. The van der Waals surface area contributed by atoms with Crippen molar-refractivity contribution in [2.75, 3.05) is 33.8 Å². The number of methoxy groups -OCH3 is 1. The number of hydrogen-bond acceptors (Lipinski definition) is 3. The van der Waals surface area contributed by atoms with Gasteiger partial charge in [-0.3, -0.25) is 0 Å². The van der Waals surface area contributed by atoms with Crippen LogP contribution in [0.15, 0.2) is 0 Å². The Kier molecular flexibility index (Phi) is 4.11. The highest BCUT2D eigenvalue weighted by atomic mass is 16.5. The van der Waals surface area contributed by atoms with Crippen LogP contribution in [0.1, 0.15) is 33.1 Å². The number of nitrogens with zero attached hydrogens (tertiary/aromatic N) is 1. The predicted octanol–water partition coefficient (Wildman–Crippen LogP) is 1.73. The van der Waals surface area contributed by atoms with Gasteiger partial charge in [-0.1, -0.05) is 13.8 Å². The van der Waals surface area contributed by atoms with Crippen LogP contribution < -0.4 is 5.32 Å². The highest BCUT2D eigenvalue weighted by Gasteiger charge is 2.41. The Morgan fingerprint density at radius 2 is 2.12 bits per heavy atom. The molecule has 3 unspecified atom stereocenters. The van der Waals surface area contributed by atoms with E-state index in [0.29, 0.717) is 17.6 Å². The first-order valence-corrected chi connectivity index (χ1v) is 6.99. The molecule has 1 saturated carbocycles. The lowest BCUT2D eigenvalue weighted by atomic mass is 9.85. The molecular formula is C14H28N2O. The summed E-state index contributed by atoms with van der Waals surface area (Å²) in [6.07, 6.45) is 4.39. The van der Waals surface area contributed by atoms with Gasteiger partial charge in [0.05, 0.1) is 6.10 Å². The quantitative estimate of drug-likeness (QED) is 0.810. The maximum atomic E-state index is 5.44. The summed E-state index contributed by atoms with van der Waals surface area (Å²) in [5.41, 5.74) is 0.458. The molecule has 2 aliphatic rings. The van der Waals surface area contributed by atoms with Crippen LogP contribution in [0.4, 0.5) is 0 Å². The van der Waals surface area contributed by atoms with Gasteiger partial charge >= 0.3 is 0 Å². The van der Waals surface area contributed by atoms with Crippen LogP contribution in [0, 0.1) is 11.3 Å². The molecule has 0 amide bonds. The summed E-state index contributed by atoms with van der Waals surface area (Å²) in [7, 11) is 3.95. The Morgan fingerprint density at radius 1 is 1.35 bits per heavy atom. The molecule has 2 rings (SSSR count). The Bertz CT molecular complexity index is 255. The molecule has 1 N–H and O–H groups in total. The number of nitrogens with one attached hydrogen (secondary N) is 1. The summed E-state index contributed by atoms with van der Waals surface area (Å²) < 4.78 is 5.44. The predicted molar refractivity (Wildman–Crippen MR) is 71.2 cm³/mol. The highest BCUT2D eigenvalue weighted by Crippen LogP contribution is 2.41. The van der Waals surface area contributed by atoms with Crippen LogP contribution in [0.25, 0.3) is 0 Å². The number of rotatable bonds is 4. The summed E-state index contributed by atoms with van der Waals surface area (Å²) in [6.45, 7) is 8.39. The monoisotopic (exact) mass is 240 g/mol. The van der Waals surface area contributed by atoms with Crippen LogP contribution in [0.5, 0.6) is 0 Å². The van der Waals surface area contributed by atoms with Crippen molar-refractivity contribution in [3.05, 3.63) is 0 Å². The average Bonchev–Trinajstić information content (AvgIpc) is 2.84. The molecule has 0 radical (unpaired) electrons. The minimum Gasteiger partial charge on any atom is -0.380 e.